The van der Waals surface area contributed by atoms with Crippen LogP contribution < -0.4 is 0 Å². The molecule has 3 aliphatic rings. The number of fused-ring (bicyclic) bond motifs is 1. The van der Waals surface area contributed by atoms with Crippen molar-refractivity contribution in [1.29, 1.82) is 0 Å². The molecule has 0 saturated heterocycles. The first kappa shape index (κ1) is 21.4. The first-order valence-electron chi connectivity index (χ1n) is 8.72. The van der Waals surface area contributed by atoms with Crippen LogP contribution in [-0.2, 0) is 24.6 Å². The fraction of sp³-hybridized carbons (Fsp3) is 0.300. The quantitative estimate of drug-likeness (QED) is 0.217. The Bertz CT molecular complexity index is 1130. The number of hydrogen-bond donors (Lipinski definition) is 0. The van der Waals surface area contributed by atoms with Crippen LogP contribution in [0, 0.1) is 6.92 Å². The lowest BCUT2D eigenvalue weighted by atomic mass is 9.67. The summed E-state index contributed by atoms with van der Waals surface area (Å²) in [5.41, 5.74) is 1.10. The standard InChI is InChI=1S/C20H16Cl4O4S/c1-10-3-5-11(6-4-10)29(25,26)28-13-9-20(27-2)8-7-12(13)14-15(20)17(22)19(24)18(23)16(14)21/h3-8,12-13H,9H2,1-2H3/t12-,13-,20-/m1/s1. The maximum Gasteiger partial charge on any atom is 0.297 e. The minimum Gasteiger partial charge on any atom is -0.369 e. The van der Waals surface area contributed by atoms with Crippen molar-refractivity contribution in [2.24, 2.45) is 0 Å². The van der Waals surface area contributed by atoms with E-state index in [4.69, 9.17) is 55.3 Å². The highest BCUT2D eigenvalue weighted by Gasteiger charge is 2.51. The zero-order valence-corrected chi connectivity index (χ0v) is 19.2. The molecule has 154 valence electrons. The molecule has 29 heavy (non-hydrogen) atoms. The molecule has 2 aromatic rings. The zero-order valence-electron chi connectivity index (χ0n) is 15.4. The average Bonchev–Trinajstić information content (AvgIpc) is 2.70. The van der Waals surface area contributed by atoms with Crippen molar-refractivity contribution in [1.82, 2.24) is 0 Å². The number of hydrogen-bond acceptors (Lipinski definition) is 4. The van der Waals surface area contributed by atoms with Gasteiger partial charge in [0.2, 0.25) is 0 Å². The predicted octanol–water partition coefficient (Wildman–Crippen LogP) is 6.28. The SMILES string of the molecule is CO[C@@]12C=C[C@@H](c3c(Cl)c(Cl)c(Cl)c(Cl)c31)[C@H](OS(=O)(=O)c1ccc(C)cc1)C2. The van der Waals surface area contributed by atoms with E-state index in [1.54, 1.807) is 12.1 Å². The minimum atomic E-state index is -4.00. The molecule has 2 bridgehead atoms. The Balaban J connectivity index is 1.81. The molecular formula is C20H16Cl4O4S. The molecule has 2 aromatic carbocycles. The van der Waals surface area contributed by atoms with Crippen LogP contribution in [0.5, 0.6) is 0 Å². The summed E-state index contributed by atoms with van der Waals surface area (Å²) in [6.45, 7) is 1.88. The van der Waals surface area contributed by atoms with Gasteiger partial charge in [0.15, 0.2) is 0 Å². The molecule has 0 N–H and O–H groups in total. The lowest BCUT2D eigenvalue weighted by molar-refractivity contribution is -0.0293. The molecule has 3 atom stereocenters. The van der Waals surface area contributed by atoms with E-state index in [1.807, 2.05) is 19.1 Å². The maximum atomic E-state index is 12.9. The largest absolute Gasteiger partial charge is 0.369 e. The second kappa shape index (κ2) is 7.41. The number of aryl methyl sites for hydroxylation is 1. The van der Waals surface area contributed by atoms with Crippen molar-refractivity contribution < 1.29 is 17.3 Å². The Morgan fingerprint density at radius 2 is 1.62 bits per heavy atom. The van der Waals surface area contributed by atoms with Crippen molar-refractivity contribution in [3.05, 3.63) is 73.2 Å². The molecule has 0 aromatic heterocycles. The third-order valence-electron chi connectivity index (χ3n) is 5.46. The van der Waals surface area contributed by atoms with E-state index >= 15 is 0 Å². The second-order valence-corrected chi connectivity index (χ2v) is 10.2. The average molecular weight is 494 g/mol. The Hall–Kier alpha value is -0.790. The van der Waals surface area contributed by atoms with Crippen LogP contribution >= 0.6 is 46.4 Å². The van der Waals surface area contributed by atoms with Gasteiger partial charge in [-0.25, -0.2) is 0 Å². The first-order valence-corrected chi connectivity index (χ1v) is 11.6. The normalized spacial score (nSPS) is 25.3. The third kappa shape index (κ3) is 3.32. The summed E-state index contributed by atoms with van der Waals surface area (Å²) in [6.07, 6.45) is 3.14. The fourth-order valence-electron chi connectivity index (χ4n) is 3.99. The van der Waals surface area contributed by atoms with Crippen LogP contribution in [0.15, 0.2) is 41.3 Å². The Morgan fingerprint density at radius 1 is 1.00 bits per heavy atom. The molecule has 0 fully saturated rings. The second-order valence-electron chi connectivity index (χ2n) is 7.13. The third-order valence-corrected chi connectivity index (χ3v) is 8.63. The van der Waals surface area contributed by atoms with E-state index in [9.17, 15) is 8.42 Å². The molecule has 0 saturated carbocycles. The highest BCUT2D eigenvalue weighted by Crippen LogP contribution is 2.58. The van der Waals surface area contributed by atoms with Gasteiger partial charge in [-0.3, -0.25) is 4.18 Å². The monoisotopic (exact) mass is 492 g/mol. The van der Waals surface area contributed by atoms with Crippen LogP contribution in [0.2, 0.25) is 20.1 Å². The van der Waals surface area contributed by atoms with Gasteiger partial charge in [0, 0.05) is 25.0 Å². The van der Waals surface area contributed by atoms with Gasteiger partial charge in [0.1, 0.15) is 5.60 Å². The van der Waals surface area contributed by atoms with Gasteiger partial charge in [-0.05, 0) is 24.6 Å². The summed E-state index contributed by atoms with van der Waals surface area (Å²) in [4.78, 5) is 0.0819. The number of methoxy groups -OCH3 is 1. The molecule has 9 heteroatoms. The van der Waals surface area contributed by atoms with Crippen LogP contribution in [0.1, 0.15) is 29.0 Å². The van der Waals surface area contributed by atoms with Crippen molar-refractivity contribution >= 4 is 56.5 Å². The van der Waals surface area contributed by atoms with Crippen LogP contribution in [0.4, 0.5) is 0 Å². The topological polar surface area (TPSA) is 52.6 Å². The van der Waals surface area contributed by atoms with E-state index < -0.39 is 27.7 Å². The van der Waals surface area contributed by atoms with Gasteiger partial charge in [0.25, 0.3) is 10.1 Å². The van der Waals surface area contributed by atoms with Crippen molar-refractivity contribution in [3.63, 3.8) is 0 Å². The van der Waals surface area contributed by atoms with Crippen molar-refractivity contribution in [2.45, 2.75) is 35.9 Å². The van der Waals surface area contributed by atoms with Gasteiger partial charge in [-0.15, -0.1) is 0 Å². The Morgan fingerprint density at radius 3 is 2.24 bits per heavy atom. The summed E-state index contributed by atoms with van der Waals surface area (Å²) in [7, 11) is -2.49. The molecule has 0 heterocycles. The molecule has 0 radical (unpaired) electrons. The summed E-state index contributed by atoms with van der Waals surface area (Å²) in [6, 6.07) is 6.46. The fourth-order valence-corrected chi connectivity index (χ4v) is 6.24. The summed E-state index contributed by atoms with van der Waals surface area (Å²) in [5, 5.41) is 0.712. The number of halogens is 4. The summed E-state index contributed by atoms with van der Waals surface area (Å²) >= 11 is 25.5. The number of ether oxygens (including phenoxy) is 1. The van der Waals surface area contributed by atoms with Crippen molar-refractivity contribution in [3.8, 4) is 0 Å². The Labute approximate surface area is 189 Å². The van der Waals surface area contributed by atoms with Gasteiger partial charge in [-0.1, -0.05) is 76.3 Å². The molecule has 0 aliphatic heterocycles. The Kier molecular flexibility index (Phi) is 5.48. The van der Waals surface area contributed by atoms with E-state index in [2.05, 4.69) is 0 Å². The summed E-state index contributed by atoms with van der Waals surface area (Å²) < 4.78 is 37.2. The van der Waals surface area contributed by atoms with Crippen LogP contribution in [-0.4, -0.2) is 21.6 Å². The van der Waals surface area contributed by atoms with Gasteiger partial charge in [0.05, 0.1) is 31.1 Å². The van der Waals surface area contributed by atoms with Crippen LogP contribution in [0.25, 0.3) is 0 Å². The molecule has 0 spiro atoms. The highest BCUT2D eigenvalue weighted by atomic mass is 35.5. The lowest BCUT2D eigenvalue weighted by Gasteiger charge is -2.47. The number of benzene rings is 2. The first-order chi connectivity index (χ1) is 13.6. The van der Waals surface area contributed by atoms with Crippen molar-refractivity contribution in [2.75, 3.05) is 7.11 Å². The molecule has 0 amide bonds. The zero-order chi connectivity index (χ0) is 21.1. The number of rotatable bonds is 4. The molecule has 3 aliphatic carbocycles. The van der Waals surface area contributed by atoms with Gasteiger partial charge in [-0.2, -0.15) is 8.42 Å². The van der Waals surface area contributed by atoms with Crippen LogP contribution in [0.3, 0.4) is 0 Å². The minimum absolute atomic E-state index is 0.0819. The maximum absolute atomic E-state index is 12.9. The molecule has 5 rings (SSSR count). The van der Waals surface area contributed by atoms with E-state index in [-0.39, 0.29) is 31.4 Å². The van der Waals surface area contributed by atoms with E-state index in [0.717, 1.165) is 5.56 Å². The lowest BCUT2D eigenvalue weighted by Crippen LogP contribution is -2.45. The predicted molar refractivity (Wildman–Crippen MR) is 115 cm³/mol. The highest BCUT2D eigenvalue weighted by molar-refractivity contribution is 7.86. The smallest absolute Gasteiger partial charge is 0.297 e. The molecular weight excluding hydrogens is 478 g/mol. The van der Waals surface area contributed by atoms with Gasteiger partial charge < -0.3 is 4.74 Å². The van der Waals surface area contributed by atoms with E-state index in [1.165, 1.54) is 19.2 Å². The molecule has 0 unspecified atom stereocenters. The molecule has 4 nitrogen and oxygen atoms in total. The van der Waals surface area contributed by atoms with Gasteiger partial charge >= 0.3 is 0 Å². The summed E-state index contributed by atoms with van der Waals surface area (Å²) in [5.74, 6) is -0.470. The van der Waals surface area contributed by atoms with E-state index in [0.29, 0.717) is 11.1 Å².